The number of halogens is 1. The van der Waals surface area contributed by atoms with Gasteiger partial charge in [-0.15, -0.1) is 0 Å². The number of nitrogens with two attached hydrogens (primary N) is 1. The maximum Gasteiger partial charge on any atom is 0.225 e. The molecule has 1 unspecified atom stereocenters. The Morgan fingerprint density at radius 2 is 2.07 bits per heavy atom. The van der Waals surface area contributed by atoms with E-state index < -0.39 is 0 Å². The number of hydrogen-bond donors (Lipinski definition) is 1. The van der Waals surface area contributed by atoms with Crippen LogP contribution in [0.2, 0.25) is 0 Å². The van der Waals surface area contributed by atoms with Gasteiger partial charge >= 0.3 is 0 Å². The minimum absolute atomic E-state index is 0.286. The van der Waals surface area contributed by atoms with Crippen molar-refractivity contribution in [2.24, 2.45) is 5.73 Å². The zero-order chi connectivity index (χ0) is 10.4. The molecule has 1 aromatic carbocycles. The zero-order valence-corrected chi connectivity index (χ0v) is 8.45. The van der Waals surface area contributed by atoms with Gasteiger partial charge in [0, 0.05) is 5.54 Å². The summed E-state index contributed by atoms with van der Waals surface area (Å²) in [5.74, 6) is -0.614. The second-order valence-corrected chi connectivity index (χ2v) is 3.22. The summed E-state index contributed by atoms with van der Waals surface area (Å²) in [7, 11) is 0. The molecule has 1 aromatic rings. The molecule has 0 aliphatic carbocycles. The van der Waals surface area contributed by atoms with Gasteiger partial charge in [-0.25, -0.2) is 0 Å². The number of hydrogen-bond acceptors (Lipinski definition) is 1. The molecule has 0 radical (unpaired) electrons. The van der Waals surface area contributed by atoms with Crippen LogP contribution in [0.3, 0.4) is 0 Å². The van der Waals surface area contributed by atoms with Crippen LogP contribution in [0.1, 0.15) is 17.9 Å². The van der Waals surface area contributed by atoms with Gasteiger partial charge < -0.3 is 5.73 Å². The lowest BCUT2D eigenvalue weighted by Gasteiger charge is -2.10. The number of primary amides is 1. The van der Waals surface area contributed by atoms with Gasteiger partial charge in [-0.1, -0.05) is 48.0 Å². The molecule has 1 amide bonds. The molecule has 2 N–H and O–H groups in total. The van der Waals surface area contributed by atoms with Crippen molar-refractivity contribution in [1.82, 2.24) is 0 Å². The van der Waals surface area contributed by atoms with Crippen LogP contribution in [-0.4, -0.2) is 5.91 Å². The Labute approximate surface area is 88.4 Å². The molecule has 1 atom stereocenters. The molecule has 0 aliphatic heterocycles. The van der Waals surface area contributed by atoms with Crippen molar-refractivity contribution in [2.45, 2.75) is 12.3 Å². The van der Waals surface area contributed by atoms with Gasteiger partial charge in [0.15, 0.2) is 0 Å². The van der Waals surface area contributed by atoms with E-state index in [0.29, 0.717) is 6.42 Å². The van der Waals surface area contributed by atoms with E-state index in [4.69, 9.17) is 17.3 Å². The number of benzene rings is 1. The molecule has 0 saturated carbocycles. The summed E-state index contributed by atoms with van der Waals surface area (Å²) in [4.78, 5) is 11.2. The lowest BCUT2D eigenvalue weighted by atomic mass is 9.95. The maximum absolute atomic E-state index is 11.2. The fourth-order valence-corrected chi connectivity index (χ4v) is 1.39. The van der Waals surface area contributed by atoms with Crippen molar-refractivity contribution in [3.63, 3.8) is 0 Å². The molecule has 1 rings (SSSR count). The Bertz CT molecular complexity index is 321. The van der Waals surface area contributed by atoms with Gasteiger partial charge in [0.2, 0.25) is 5.91 Å². The Morgan fingerprint density at radius 3 is 2.57 bits per heavy atom. The largest absolute Gasteiger partial charge is 0.369 e. The third kappa shape index (κ3) is 2.89. The van der Waals surface area contributed by atoms with Crippen LogP contribution in [0.4, 0.5) is 0 Å². The van der Waals surface area contributed by atoms with Crippen LogP contribution in [0.25, 0.3) is 0 Å². The Morgan fingerprint density at radius 1 is 1.43 bits per heavy atom. The quantitative estimate of drug-likeness (QED) is 0.813. The molecular formula is C11H12ClNO. The molecular weight excluding hydrogens is 198 g/mol. The van der Waals surface area contributed by atoms with Gasteiger partial charge in [-0.05, 0) is 12.0 Å². The van der Waals surface area contributed by atoms with Crippen LogP contribution in [0.5, 0.6) is 0 Å². The van der Waals surface area contributed by atoms with Crippen LogP contribution < -0.4 is 5.73 Å². The lowest BCUT2D eigenvalue weighted by Crippen LogP contribution is -2.20. The van der Waals surface area contributed by atoms with E-state index in [1.807, 2.05) is 30.3 Å². The summed E-state index contributed by atoms with van der Waals surface area (Å²) in [6.07, 6.45) is 2.27. The molecule has 0 aliphatic rings. The lowest BCUT2D eigenvalue weighted by molar-refractivity contribution is -0.119. The van der Waals surface area contributed by atoms with E-state index in [0.717, 1.165) is 5.56 Å². The SMILES string of the molecule is NC(=O)C(C/C=C/Cl)c1ccccc1. The third-order valence-electron chi connectivity index (χ3n) is 2.01. The van der Waals surface area contributed by atoms with Crippen LogP contribution in [0.15, 0.2) is 41.9 Å². The minimum Gasteiger partial charge on any atom is -0.369 e. The monoisotopic (exact) mass is 209 g/mol. The molecule has 0 aromatic heterocycles. The predicted molar refractivity (Wildman–Crippen MR) is 58.0 cm³/mol. The van der Waals surface area contributed by atoms with E-state index in [1.165, 1.54) is 5.54 Å². The van der Waals surface area contributed by atoms with Crippen molar-refractivity contribution in [2.75, 3.05) is 0 Å². The summed E-state index contributed by atoms with van der Waals surface area (Å²) in [5, 5.41) is 0. The van der Waals surface area contributed by atoms with E-state index in [1.54, 1.807) is 6.08 Å². The zero-order valence-electron chi connectivity index (χ0n) is 7.69. The second-order valence-electron chi connectivity index (χ2n) is 2.96. The fourth-order valence-electron chi connectivity index (χ4n) is 1.29. The highest BCUT2D eigenvalue weighted by Gasteiger charge is 2.15. The van der Waals surface area contributed by atoms with Crippen LogP contribution in [-0.2, 0) is 4.79 Å². The standard InChI is InChI=1S/C11H12ClNO/c12-8-4-7-10(11(13)14)9-5-2-1-3-6-9/h1-6,8,10H,7H2,(H2,13,14)/b8-4+. The second kappa shape index (κ2) is 5.45. The Balaban J connectivity index is 2.83. The van der Waals surface area contributed by atoms with Crippen molar-refractivity contribution >= 4 is 17.5 Å². The predicted octanol–water partition coefficient (Wildman–Crippen LogP) is 2.40. The van der Waals surface area contributed by atoms with Gasteiger partial charge in [0.1, 0.15) is 0 Å². The van der Waals surface area contributed by atoms with E-state index in [-0.39, 0.29) is 11.8 Å². The number of carbonyl (C=O) groups is 1. The average Bonchev–Trinajstić information content (AvgIpc) is 2.19. The first kappa shape index (κ1) is 10.8. The summed E-state index contributed by atoms with van der Waals surface area (Å²) in [5.41, 5.74) is 7.62. The molecule has 2 nitrogen and oxygen atoms in total. The van der Waals surface area contributed by atoms with E-state index >= 15 is 0 Å². The van der Waals surface area contributed by atoms with Gasteiger partial charge in [0.05, 0.1) is 5.92 Å². The normalized spacial score (nSPS) is 12.9. The van der Waals surface area contributed by atoms with Crippen molar-refractivity contribution in [3.05, 3.63) is 47.5 Å². The first-order valence-electron chi connectivity index (χ1n) is 4.35. The molecule has 3 heteroatoms. The average molecular weight is 210 g/mol. The highest BCUT2D eigenvalue weighted by molar-refractivity contribution is 6.25. The summed E-state index contributed by atoms with van der Waals surface area (Å²) >= 11 is 5.41. The number of rotatable bonds is 4. The van der Waals surface area contributed by atoms with Crippen LogP contribution in [0, 0.1) is 0 Å². The number of carbonyl (C=O) groups excluding carboxylic acids is 1. The number of allylic oxidation sites excluding steroid dienone is 1. The van der Waals surface area contributed by atoms with Crippen LogP contribution >= 0.6 is 11.6 Å². The first-order valence-corrected chi connectivity index (χ1v) is 4.79. The molecule has 0 fully saturated rings. The summed E-state index contributed by atoms with van der Waals surface area (Å²) in [6, 6.07) is 9.44. The third-order valence-corrected chi connectivity index (χ3v) is 2.18. The highest BCUT2D eigenvalue weighted by Crippen LogP contribution is 2.19. The summed E-state index contributed by atoms with van der Waals surface area (Å²) in [6.45, 7) is 0. The number of amides is 1. The molecule has 0 spiro atoms. The Kier molecular flexibility index (Phi) is 4.20. The molecule has 0 bridgehead atoms. The fraction of sp³-hybridized carbons (Fsp3) is 0.182. The van der Waals surface area contributed by atoms with Gasteiger partial charge in [0.25, 0.3) is 0 Å². The van der Waals surface area contributed by atoms with Crippen molar-refractivity contribution in [1.29, 1.82) is 0 Å². The Hall–Kier alpha value is -1.28. The van der Waals surface area contributed by atoms with E-state index in [9.17, 15) is 4.79 Å². The molecule has 14 heavy (non-hydrogen) atoms. The first-order chi connectivity index (χ1) is 6.75. The smallest absolute Gasteiger partial charge is 0.225 e. The minimum atomic E-state index is -0.328. The maximum atomic E-state index is 11.2. The molecule has 0 heterocycles. The van der Waals surface area contributed by atoms with Crippen molar-refractivity contribution in [3.8, 4) is 0 Å². The van der Waals surface area contributed by atoms with Gasteiger partial charge in [-0.3, -0.25) is 4.79 Å². The van der Waals surface area contributed by atoms with Gasteiger partial charge in [-0.2, -0.15) is 0 Å². The van der Waals surface area contributed by atoms with E-state index in [2.05, 4.69) is 0 Å². The molecule has 0 saturated heterocycles. The van der Waals surface area contributed by atoms with Crippen molar-refractivity contribution < 1.29 is 4.79 Å². The molecule has 74 valence electrons. The summed E-state index contributed by atoms with van der Waals surface area (Å²) < 4.78 is 0. The highest BCUT2D eigenvalue weighted by atomic mass is 35.5. The topological polar surface area (TPSA) is 43.1 Å².